The number of rotatable bonds is 9. The molecule has 56 heavy (non-hydrogen) atoms. The molecular formula is C52H45N3S. The van der Waals surface area contributed by atoms with E-state index >= 15 is 0 Å². The molecule has 4 heteroatoms. The molecule has 5 aliphatic rings. The van der Waals surface area contributed by atoms with E-state index in [-0.39, 0.29) is 12.0 Å². The highest BCUT2D eigenvalue weighted by Crippen LogP contribution is 2.53. The number of allylic oxidation sites excluding steroid dienone is 9. The van der Waals surface area contributed by atoms with E-state index in [1.54, 1.807) is 0 Å². The molecule has 2 aliphatic heterocycles. The van der Waals surface area contributed by atoms with Gasteiger partial charge in [0.1, 0.15) is 0 Å². The van der Waals surface area contributed by atoms with Gasteiger partial charge in [0, 0.05) is 34.0 Å². The third-order valence-electron chi connectivity index (χ3n) is 11.8. The van der Waals surface area contributed by atoms with E-state index in [1.165, 1.54) is 72.1 Å². The average molecular weight is 744 g/mol. The number of anilines is 1. The Morgan fingerprint density at radius 3 is 2.41 bits per heavy atom. The Kier molecular flexibility index (Phi) is 9.52. The molecule has 0 spiro atoms. The van der Waals surface area contributed by atoms with Crippen molar-refractivity contribution in [2.24, 2.45) is 5.92 Å². The van der Waals surface area contributed by atoms with Gasteiger partial charge in [0.05, 0.1) is 11.7 Å². The standard InChI is InChI=1S/C52H45N3S/c1-3-17-37(18-4-1)49-34-50(38-19-5-2-6-20-38)55(54-49)35-36-16-13-21-39(32-36)40-22-14-23-41(33-40)42-24-7-10-29-47(42)53-48-30-11-8-25-43(48)45-27-15-28-46-44-26-9-12-31-51(44)56-52(45)46/h1-6,8-23,25-31,33-34,36,45,50,52-54H,7,24,32,35H2. The number of hydrogen-bond donors (Lipinski definition) is 2. The summed E-state index contributed by atoms with van der Waals surface area (Å²) in [6.45, 7) is 0.905. The van der Waals surface area contributed by atoms with Crippen molar-refractivity contribution in [3.05, 3.63) is 227 Å². The van der Waals surface area contributed by atoms with Crippen LogP contribution >= 0.6 is 11.8 Å². The van der Waals surface area contributed by atoms with Crippen LogP contribution in [0.1, 0.15) is 64.6 Å². The Balaban J connectivity index is 0.884. The van der Waals surface area contributed by atoms with E-state index in [0.717, 1.165) is 25.8 Å². The Morgan fingerprint density at radius 2 is 1.50 bits per heavy atom. The first-order valence-corrected chi connectivity index (χ1v) is 20.9. The van der Waals surface area contributed by atoms with Gasteiger partial charge in [-0.1, -0.05) is 158 Å². The molecule has 0 aromatic heterocycles. The summed E-state index contributed by atoms with van der Waals surface area (Å²) in [5.41, 5.74) is 19.4. The van der Waals surface area contributed by atoms with Crippen molar-refractivity contribution in [1.82, 2.24) is 10.4 Å². The van der Waals surface area contributed by atoms with Gasteiger partial charge < -0.3 is 10.7 Å². The topological polar surface area (TPSA) is 27.3 Å². The van der Waals surface area contributed by atoms with E-state index in [4.69, 9.17) is 0 Å². The molecule has 3 aliphatic carbocycles. The molecule has 10 rings (SSSR count). The zero-order chi connectivity index (χ0) is 37.3. The summed E-state index contributed by atoms with van der Waals surface area (Å²) >= 11 is 2.00. The summed E-state index contributed by atoms with van der Waals surface area (Å²) in [7, 11) is 0. The first-order valence-electron chi connectivity index (χ1n) is 20.0. The normalized spacial score (nSPS) is 22.5. The molecule has 3 nitrogen and oxygen atoms in total. The minimum absolute atomic E-state index is 0.167. The molecular weight excluding hydrogens is 699 g/mol. The van der Waals surface area contributed by atoms with Crippen molar-refractivity contribution < 1.29 is 0 Å². The summed E-state index contributed by atoms with van der Waals surface area (Å²) in [6, 6.07) is 48.7. The molecule has 2 N–H and O–H groups in total. The summed E-state index contributed by atoms with van der Waals surface area (Å²) < 4.78 is 0. The fourth-order valence-electron chi connectivity index (χ4n) is 9.01. The Labute approximate surface area is 335 Å². The van der Waals surface area contributed by atoms with Gasteiger partial charge in [0.25, 0.3) is 0 Å². The van der Waals surface area contributed by atoms with Crippen molar-refractivity contribution in [1.29, 1.82) is 0 Å². The van der Waals surface area contributed by atoms with Crippen LogP contribution in [0.25, 0.3) is 22.4 Å². The number of para-hydroxylation sites is 1. The quantitative estimate of drug-likeness (QED) is 0.157. The predicted octanol–water partition coefficient (Wildman–Crippen LogP) is 12.6. The fraction of sp³-hybridized carbons (Fsp3) is 0.154. The van der Waals surface area contributed by atoms with Crippen LogP contribution in [0.5, 0.6) is 0 Å². The summed E-state index contributed by atoms with van der Waals surface area (Å²) in [4.78, 5) is 1.39. The second kappa shape index (κ2) is 15.4. The highest BCUT2D eigenvalue weighted by molar-refractivity contribution is 8.01. The van der Waals surface area contributed by atoms with Gasteiger partial charge in [-0.25, -0.2) is 5.01 Å². The highest BCUT2D eigenvalue weighted by Gasteiger charge is 2.36. The van der Waals surface area contributed by atoms with Crippen LogP contribution in [0.3, 0.4) is 0 Å². The lowest BCUT2D eigenvalue weighted by atomic mass is 9.84. The van der Waals surface area contributed by atoms with Crippen molar-refractivity contribution in [3.63, 3.8) is 0 Å². The van der Waals surface area contributed by atoms with Gasteiger partial charge in [-0.3, -0.25) is 0 Å². The zero-order valence-corrected chi connectivity index (χ0v) is 32.2. The van der Waals surface area contributed by atoms with Gasteiger partial charge in [0.15, 0.2) is 0 Å². The third-order valence-corrected chi connectivity index (χ3v) is 13.2. The first kappa shape index (κ1) is 34.7. The molecule has 0 bridgehead atoms. The van der Waals surface area contributed by atoms with Crippen LogP contribution in [-0.2, 0) is 0 Å². The van der Waals surface area contributed by atoms with E-state index in [1.807, 2.05) is 11.8 Å². The van der Waals surface area contributed by atoms with Crippen LogP contribution in [0.15, 0.2) is 199 Å². The maximum Gasteiger partial charge on any atom is 0.0745 e. The number of hydrazine groups is 1. The summed E-state index contributed by atoms with van der Waals surface area (Å²) in [6.07, 6.45) is 24.0. The fourth-order valence-corrected chi connectivity index (χ4v) is 10.5. The van der Waals surface area contributed by atoms with Crippen LogP contribution in [-0.4, -0.2) is 16.8 Å². The highest BCUT2D eigenvalue weighted by atomic mass is 32.2. The van der Waals surface area contributed by atoms with Gasteiger partial charge in [-0.2, -0.15) is 0 Å². The van der Waals surface area contributed by atoms with E-state index in [0.29, 0.717) is 11.2 Å². The number of benzene rings is 5. The number of hydrogen-bond acceptors (Lipinski definition) is 4. The molecule has 0 saturated heterocycles. The van der Waals surface area contributed by atoms with Gasteiger partial charge in [0.2, 0.25) is 0 Å². The predicted molar refractivity (Wildman–Crippen MR) is 236 cm³/mol. The largest absolute Gasteiger partial charge is 0.355 e. The van der Waals surface area contributed by atoms with Crippen molar-refractivity contribution in [2.75, 3.05) is 11.9 Å². The molecule has 5 aromatic carbocycles. The molecule has 4 unspecified atom stereocenters. The second-order valence-corrected chi connectivity index (χ2v) is 16.5. The maximum atomic E-state index is 3.96. The lowest BCUT2D eigenvalue weighted by molar-refractivity contribution is 0.185. The van der Waals surface area contributed by atoms with Gasteiger partial charge in [-0.05, 0) is 106 Å². The zero-order valence-electron chi connectivity index (χ0n) is 31.4. The van der Waals surface area contributed by atoms with E-state index in [2.05, 4.69) is 204 Å². The average Bonchev–Trinajstić information content (AvgIpc) is 3.87. The smallest absolute Gasteiger partial charge is 0.0745 e. The van der Waals surface area contributed by atoms with Gasteiger partial charge in [-0.15, -0.1) is 11.8 Å². The number of nitrogens with one attached hydrogen (secondary N) is 2. The molecule has 2 heterocycles. The molecule has 4 atom stereocenters. The van der Waals surface area contributed by atoms with Crippen LogP contribution in [0.4, 0.5) is 5.69 Å². The Hall–Kier alpha value is -5.81. The van der Waals surface area contributed by atoms with Crippen LogP contribution < -0.4 is 10.7 Å². The molecule has 0 amide bonds. The molecule has 0 fully saturated rings. The third kappa shape index (κ3) is 6.85. The lowest BCUT2D eigenvalue weighted by Gasteiger charge is -2.30. The van der Waals surface area contributed by atoms with Crippen LogP contribution in [0.2, 0.25) is 0 Å². The molecule has 0 saturated carbocycles. The van der Waals surface area contributed by atoms with Gasteiger partial charge >= 0.3 is 0 Å². The SMILES string of the molecule is C1=CC(CN2NC(c3ccccc3)=CC2c2ccccc2)CC(c2cccc(C3=C(Nc4ccccc4C4C=CC=C5c6ccccc6SC54)C=CCC3)c2)=C1. The summed E-state index contributed by atoms with van der Waals surface area (Å²) in [5, 5.41) is 6.76. The summed E-state index contributed by atoms with van der Waals surface area (Å²) in [5.74, 6) is 0.663. The second-order valence-electron chi connectivity index (χ2n) is 15.3. The van der Waals surface area contributed by atoms with E-state index in [9.17, 15) is 0 Å². The monoisotopic (exact) mass is 743 g/mol. The lowest BCUT2D eigenvalue weighted by Crippen LogP contribution is -2.38. The molecule has 5 aromatic rings. The molecule has 274 valence electrons. The first-order chi connectivity index (χ1) is 27.7. The number of nitrogens with zero attached hydrogens (tertiary/aromatic N) is 1. The number of thioether (sulfide) groups is 1. The Bertz CT molecular complexity index is 2480. The minimum atomic E-state index is 0.167. The number of fused-ring (bicyclic) bond motifs is 3. The van der Waals surface area contributed by atoms with Crippen molar-refractivity contribution >= 4 is 39.9 Å². The van der Waals surface area contributed by atoms with Crippen LogP contribution in [0, 0.1) is 5.92 Å². The molecule has 0 radical (unpaired) electrons. The van der Waals surface area contributed by atoms with Crippen molar-refractivity contribution in [3.8, 4) is 0 Å². The Morgan fingerprint density at radius 1 is 0.732 bits per heavy atom. The minimum Gasteiger partial charge on any atom is -0.355 e. The maximum absolute atomic E-state index is 3.96. The van der Waals surface area contributed by atoms with E-state index < -0.39 is 0 Å². The van der Waals surface area contributed by atoms with Crippen molar-refractivity contribution in [2.45, 2.75) is 41.4 Å².